The summed E-state index contributed by atoms with van der Waals surface area (Å²) in [6.07, 6.45) is 1.82. The number of nitrogens with zero attached hydrogens (tertiary/aromatic N) is 5. The molecule has 1 aromatic heterocycles. The molecular formula is C28H33ClN6O5. The minimum absolute atomic E-state index is 0.0605. The van der Waals surface area contributed by atoms with Crippen molar-refractivity contribution in [3.05, 3.63) is 76.6 Å². The van der Waals surface area contributed by atoms with Crippen molar-refractivity contribution in [2.45, 2.75) is 26.4 Å². The monoisotopic (exact) mass is 568 g/mol. The number of halogens is 1. The number of para-hydroxylation sites is 1. The maximum absolute atomic E-state index is 13.8. The number of aromatic nitrogens is 2. The van der Waals surface area contributed by atoms with Crippen LogP contribution >= 0.6 is 11.6 Å². The number of carbonyl (C=O) groups excluding carboxylic acids is 3. The number of aryl methyl sites for hydroxylation is 1. The Morgan fingerprint density at radius 3 is 2.48 bits per heavy atom. The SMILES string of the molecule is Cc1ccn(-c2ccc(C(=O)N3C[C@@H](C)N(C(=O)NCC(=O)N(CCO)CCO)Cc4ccccc43)c(Cl)c2)n1. The lowest BCUT2D eigenvalue weighted by atomic mass is 10.1. The molecule has 0 saturated carbocycles. The van der Waals surface area contributed by atoms with Crippen LogP contribution in [0.3, 0.4) is 0 Å². The van der Waals surface area contributed by atoms with Gasteiger partial charge in [0.25, 0.3) is 5.91 Å². The normalized spacial score (nSPS) is 14.9. The molecule has 4 rings (SSSR count). The first kappa shape index (κ1) is 29.1. The molecule has 0 bridgehead atoms. The van der Waals surface area contributed by atoms with E-state index in [0.717, 1.165) is 16.9 Å². The Morgan fingerprint density at radius 1 is 1.10 bits per heavy atom. The van der Waals surface area contributed by atoms with E-state index in [1.165, 1.54) is 4.90 Å². The molecule has 2 heterocycles. The third kappa shape index (κ3) is 6.44. The largest absolute Gasteiger partial charge is 0.395 e. The Morgan fingerprint density at radius 2 is 1.82 bits per heavy atom. The Kier molecular flexibility index (Phi) is 9.41. The van der Waals surface area contributed by atoms with Gasteiger partial charge in [-0.3, -0.25) is 9.59 Å². The van der Waals surface area contributed by atoms with Crippen molar-refractivity contribution in [3.8, 4) is 5.69 Å². The summed E-state index contributed by atoms with van der Waals surface area (Å²) in [6.45, 7) is 3.48. The van der Waals surface area contributed by atoms with E-state index in [4.69, 9.17) is 11.6 Å². The fraction of sp³-hybridized carbons (Fsp3) is 0.357. The van der Waals surface area contributed by atoms with E-state index in [9.17, 15) is 24.6 Å². The minimum Gasteiger partial charge on any atom is -0.395 e. The van der Waals surface area contributed by atoms with Gasteiger partial charge in [0, 0.05) is 44.1 Å². The molecule has 1 aliphatic rings. The summed E-state index contributed by atoms with van der Waals surface area (Å²) in [5, 5.41) is 25.7. The fourth-order valence-corrected chi connectivity index (χ4v) is 4.92. The Labute approximate surface area is 237 Å². The standard InChI is InChI=1S/C28H33ClN6O5/c1-19-9-10-35(31-19)22-7-8-23(24(29)15-22)27(39)34-17-20(2)33(18-21-5-3-4-6-25(21)34)28(40)30-16-26(38)32(11-13-36)12-14-37/h3-10,15,20,36-37H,11-14,16-18H2,1-2H3,(H,30,40)/t20-/m1/s1. The van der Waals surface area contributed by atoms with Crippen LogP contribution in [-0.2, 0) is 11.3 Å². The predicted octanol–water partition coefficient (Wildman–Crippen LogP) is 2.21. The lowest BCUT2D eigenvalue weighted by molar-refractivity contribution is -0.131. The molecule has 11 nitrogen and oxygen atoms in total. The van der Waals surface area contributed by atoms with Crippen LogP contribution < -0.4 is 10.2 Å². The number of nitrogens with one attached hydrogen (secondary N) is 1. The second-order valence-corrected chi connectivity index (χ2v) is 9.98. The highest BCUT2D eigenvalue weighted by Gasteiger charge is 2.32. The van der Waals surface area contributed by atoms with Gasteiger partial charge in [0.1, 0.15) is 0 Å². The van der Waals surface area contributed by atoms with Crippen LogP contribution in [0.2, 0.25) is 5.02 Å². The van der Waals surface area contributed by atoms with Gasteiger partial charge in [-0.05, 0) is 49.7 Å². The molecule has 12 heteroatoms. The molecule has 0 aliphatic carbocycles. The number of hydrogen-bond donors (Lipinski definition) is 3. The van der Waals surface area contributed by atoms with Gasteiger partial charge in [-0.15, -0.1) is 0 Å². The average Bonchev–Trinajstić information content (AvgIpc) is 3.32. The van der Waals surface area contributed by atoms with Gasteiger partial charge in [0.15, 0.2) is 0 Å². The molecule has 3 aromatic rings. The molecular weight excluding hydrogens is 536 g/mol. The zero-order valence-electron chi connectivity index (χ0n) is 22.5. The Hall–Kier alpha value is -3.93. The number of hydrogen-bond acceptors (Lipinski definition) is 6. The van der Waals surface area contributed by atoms with Crippen molar-refractivity contribution < 1.29 is 24.6 Å². The highest BCUT2D eigenvalue weighted by Crippen LogP contribution is 2.30. The fourth-order valence-electron chi connectivity index (χ4n) is 4.66. The summed E-state index contributed by atoms with van der Waals surface area (Å²) < 4.78 is 1.69. The molecule has 1 atom stereocenters. The van der Waals surface area contributed by atoms with Crippen LogP contribution in [0.15, 0.2) is 54.7 Å². The van der Waals surface area contributed by atoms with Gasteiger partial charge in [0.05, 0.1) is 41.7 Å². The first-order valence-corrected chi connectivity index (χ1v) is 13.4. The molecule has 2 aromatic carbocycles. The maximum Gasteiger partial charge on any atom is 0.318 e. The molecule has 40 heavy (non-hydrogen) atoms. The molecule has 4 amide bonds. The summed E-state index contributed by atoms with van der Waals surface area (Å²) in [5.74, 6) is -0.715. The molecule has 0 saturated heterocycles. The second-order valence-electron chi connectivity index (χ2n) is 9.57. The summed E-state index contributed by atoms with van der Waals surface area (Å²) in [4.78, 5) is 44.0. The summed E-state index contributed by atoms with van der Waals surface area (Å²) in [6, 6.07) is 13.5. The highest BCUT2D eigenvalue weighted by molar-refractivity contribution is 6.34. The van der Waals surface area contributed by atoms with Crippen molar-refractivity contribution >= 4 is 35.1 Å². The Bertz CT molecular complexity index is 1370. The maximum atomic E-state index is 13.8. The lowest BCUT2D eigenvalue weighted by Gasteiger charge is -2.30. The van der Waals surface area contributed by atoms with Crippen LogP contribution in [0.25, 0.3) is 5.69 Å². The van der Waals surface area contributed by atoms with Gasteiger partial charge in [-0.2, -0.15) is 5.10 Å². The summed E-state index contributed by atoms with van der Waals surface area (Å²) in [5.41, 5.74) is 3.35. The molecule has 212 valence electrons. The van der Waals surface area contributed by atoms with Crippen LogP contribution in [0.5, 0.6) is 0 Å². The first-order valence-electron chi connectivity index (χ1n) is 13.0. The zero-order valence-corrected chi connectivity index (χ0v) is 23.2. The van der Waals surface area contributed by atoms with E-state index >= 15 is 0 Å². The molecule has 0 spiro atoms. The minimum atomic E-state index is -0.463. The molecule has 1 aliphatic heterocycles. The Balaban J connectivity index is 1.53. The van der Waals surface area contributed by atoms with Gasteiger partial charge < -0.3 is 30.2 Å². The average molecular weight is 569 g/mol. The van der Waals surface area contributed by atoms with Crippen LogP contribution in [0, 0.1) is 6.92 Å². The number of amides is 4. The van der Waals surface area contributed by atoms with E-state index in [2.05, 4.69) is 10.4 Å². The molecule has 0 unspecified atom stereocenters. The van der Waals surface area contributed by atoms with Gasteiger partial charge in [0.2, 0.25) is 5.91 Å². The predicted molar refractivity (Wildman–Crippen MR) is 151 cm³/mol. The van der Waals surface area contributed by atoms with Gasteiger partial charge >= 0.3 is 6.03 Å². The number of carbonyl (C=O) groups is 3. The van der Waals surface area contributed by atoms with Crippen molar-refractivity contribution in [1.29, 1.82) is 0 Å². The van der Waals surface area contributed by atoms with Crippen molar-refractivity contribution in [3.63, 3.8) is 0 Å². The first-order chi connectivity index (χ1) is 19.2. The van der Waals surface area contributed by atoms with Crippen LogP contribution in [-0.4, -0.2) is 93.1 Å². The van der Waals surface area contributed by atoms with E-state index in [1.807, 2.05) is 50.4 Å². The van der Waals surface area contributed by atoms with Crippen molar-refractivity contribution in [2.24, 2.45) is 0 Å². The number of aliphatic hydroxyl groups is 2. The second kappa shape index (κ2) is 12.9. The summed E-state index contributed by atoms with van der Waals surface area (Å²) >= 11 is 6.59. The van der Waals surface area contributed by atoms with E-state index < -0.39 is 18.0 Å². The third-order valence-electron chi connectivity index (χ3n) is 6.76. The number of rotatable bonds is 8. The zero-order chi connectivity index (χ0) is 28.8. The number of anilines is 1. The van der Waals surface area contributed by atoms with Crippen LogP contribution in [0.1, 0.15) is 28.5 Å². The van der Waals surface area contributed by atoms with Crippen LogP contribution in [0.4, 0.5) is 10.5 Å². The van der Waals surface area contributed by atoms with Gasteiger partial charge in [-0.25, -0.2) is 9.48 Å². The molecule has 3 N–H and O–H groups in total. The third-order valence-corrected chi connectivity index (χ3v) is 7.07. The smallest absolute Gasteiger partial charge is 0.318 e. The number of aliphatic hydroxyl groups excluding tert-OH is 2. The van der Waals surface area contributed by atoms with Gasteiger partial charge in [-0.1, -0.05) is 29.8 Å². The molecule has 0 fully saturated rings. The van der Waals surface area contributed by atoms with E-state index in [0.29, 0.717) is 11.3 Å². The number of urea groups is 1. The quantitative estimate of drug-likeness (QED) is 0.382. The summed E-state index contributed by atoms with van der Waals surface area (Å²) in [7, 11) is 0. The number of fused-ring (bicyclic) bond motifs is 1. The number of benzene rings is 2. The topological polar surface area (TPSA) is 131 Å². The lowest BCUT2D eigenvalue weighted by Crippen LogP contribution is -2.50. The van der Waals surface area contributed by atoms with Crippen molar-refractivity contribution in [1.82, 2.24) is 24.9 Å². The molecule has 0 radical (unpaired) electrons. The van der Waals surface area contributed by atoms with E-state index in [-0.39, 0.29) is 56.9 Å². The highest BCUT2D eigenvalue weighted by atomic mass is 35.5. The van der Waals surface area contributed by atoms with Crippen molar-refractivity contribution in [2.75, 3.05) is 44.3 Å². The van der Waals surface area contributed by atoms with E-state index in [1.54, 1.807) is 32.7 Å².